The maximum atomic E-state index is 11.8. The van der Waals surface area contributed by atoms with Gasteiger partial charge in [-0.1, -0.05) is 19.1 Å². The molecule has 0 spiro atoms. The lowest BCUT2D eigenvalue weighted by atomic mass is 10.1. The van der Waals surface area contributed by atoms with E-state index in [2.05, 4.69) is 29.7 Å². The smallest absolute Gasteiger partial charge is 0.227 e. The molecule has 0 atom stereocenters. The van der Waals surface area contributed by atoms with Crippen LogP contribution < -0.4 is 15.5 Å². The Kier molecular flexibility index (Phi) is 5.11. The highest BCUT2D eigenvalue weighted by Crippen LogP contribution is 2.23. The topological polar surface area (TPSA) is 44.4 Å². The number of benzene rings is 2. The van der Waals surface area contributed by atoms with Crippen molar-refractivity contribution in [1.29, 1.82) is 0 Å². The van der Waals surface area contributed by atoms with Crippen LogP contribution in [0.25, 0.3) is 0 Å². The number of carbonyl (C=O) groups excluding carboxylic acids is 1. The molecule has 1 aliphatic heterocycles. The standard InChI is InChI=1S/C19H21N3OS/c1-2-14-5-3-6-16(13-14)21-19(24)20-15-8-10-17(11-9-15)22-12-4-7-18(22)23/h3,5-6,8-11,13H,2,4,7,12H2,1H3,(H2,20,21,24). The van der Waals surface area contributed by atoms with Crippen LogP contribution in [0.3, 0.4) is 0 Å². The van der Waals surface area contributed by atoms with Crippen LogP contribution in [-0.2, 0) is 11.2 Å². The lowest BCUT2D eigenvalue weighted by molar-refractivity contribution is -0.117. The van der Waals surface area contributed by atoms with Gasteiger partial charge in [-0.25, -0.2) is 0 Å². The predicted octanol–water partition coefficient (Wildman–Crippen LogP) is 4.18. The van der Waals surface area contributed by atoms with Gasteiger partial charge in [0.2, 0.25) is 5.91 Å². The molecule has 124 valence electrons. The number of thiocarbonyl (C=S) groups is 1. The Bertz CT molecular complexity index is 743. The fourth-order valence-corrected chi connectivity index (χ4v) is 3.04. The maximum Gasteiger partial charge on any atom is 0.227 e. The number of carbonyl (C=O) groups is 1. The van der Waals surface area contributed by atoms with Crippen molar-refractivity contribution in [3.63, 3.8) is 0 Å². The van der Waals surface area contributed by atoms with E-state index in [4.69, 9.17) is 12.2 Å². The number of rotatable bonds is 4. The van der Waals surface area contributed by atoms with Gasteiger partial charge in [0, 0.05) is 30.0 Å². The van der Waals surface area contributed by atoms with Gasteiger partial charge in [-0.15, -0.1) is 0 Å². The summed E-state index contributed by atoms with van der Waals surface area (Å²) in [4.78, 5) is 13.6. The summed E-state index contributed by atoms with van der Waals surface area (Å²) in [5.41, 5.74) is 4.08. The molecule has 0 aliphatic carbocycles. The molecule has 2 aromatic carbocycles. The van der Waals surface area contributed by atoms with Crippen molar-refractivity contribution in [3.05, 3.63) is 54.1 Å². The van der Waals surface area contributed by atoms with E-state index in [-0.39, 0.29) is 5.91 Å². The van der Waals surface area contributed by atoms with E-state index in [0.717, 1.165) is 36.4 Å². The summed E-state index contributed by atoms with van der Waals surface area (Å²) in [6.07, 6.45) is 2.57. The van der Waals surface area contributed by atoms with Gasteiger partial charge in [0.25, 0.3) is 0 Å². The van der Waals surface area contributed by atoms with Gasteiger partial charge in [0.05, 0.1) is 0 Å². The van der Waals surface area contributed by atoms with Crippen molar-refractivity contribution in [1.82, 2.24) is 0 Å². The van der Waals surface area contributed by atoms with E-state index in [1.54, 1.807) is 0 Å². The van der Waals surface area contributed by atoms with Crippen LogP contribution in [0, 0.1) is 0 Å². The number of amides is 1. The van der Waals surface area contributed by atoms with Crippen molar-refractivity contribution in [2.75, 3.05) is 22.1 Å². The number of aryl methyl sites for hydroxylation is 1. The molecule has 1 aliphatic rings. The molecule has 2 aromatic rings. The average Bonchev–Trinajstić information content (AvgIpc) is 3.01. The number of nitrogens with zero attached hydrogens (tertiary/aromatic N) is 1. The Hall–Kier alpha value is -2.40. The zero-order valence-electron chi connectivity index (χ0n) is 13.7. The molecule has 5 heteroatoms. The summed E-state index contributed by atoms with van der Waals surface area (Å²) in [6, 6.07) is 16.0. The minimum atomic E-state index is 0.198. The van der Waals surface area contributed by atoms with Crippen molar-refractivity contribution < 1.29 is 4.79 Å². The highest BCUT2D eigenvalue weighted by molar-refractivity contribution is 7.80. The summed E-state index contributed by atoms with van der Waals surface area (Å²) in [6.45, 7) is 2.93. The molecular formula is C19H21N3OS. The first-order valence-corrected chi connectivity index (χ1v) is 8.64. The second-order valence-electron chi connectivity index (χ2n) is 5.83. The Morgan fingerprint density at radius 3 is 2.54 bits per heavy atom. The number of nitrogens with one attached hydrogen (secondary N) is 2. The third-order valence-electron chi connectivity index (χ3n) is 4.10. The minimum Gasteiger partial charge on any atom is -0.332 e. The highest BCUT2D eigenvalue weighted by Gasteiger charge is 2.21. The van der Waals surface area contributed by atoms with Gasteiger partial charge in [0.15, 0.2) is 5.11 Å². The molecule has 1 saturated heterocycles. The fourth-order valence-electron chi connectivity index (χ4n) is 2.81. The Morgan fingerprint density at radius 2 is 1.88 bits per heavy atom. The summed E-state index contributed by atoms with van der Waals surface area (Å²) in [5, 5.41) is 6.92. The predicted molar refractivity (Wildman–Crippen MR) is 104 cm³/mol. The zero-order valence-corrected chi connectivity index (χ0v) is 14.5. The van der Waals surface area contributed by atoms with Crippen molar-refractivity contribution >= 4 is 40.3 Å². The van der Waals surface area contributed by atoms with E-state index in [0.29, 0.717) is 11.5 Å². The zero-order chi connectivity index (χ0) is 16.9. The monoisotopic (exact) mass is 339 g/mol. The molecule has 0 saturated carbocycles. The van der Waals surface area contributed by atoms with Crippen molar-refractivity contribution in [2.45, 2.75) is 26.2 Å². The largest absolute Gasteiger partial charge is 0.332 e. The molecule has 3 rings (SSSR count). The third-order valence-corrected chi connectivity index (χ3v) is 4.31. The van der Waals surface area contributed by atoms with Gasteiger partial charge < -0.3 is 15.5 Å². The van der Waals surface area contributed by atoms with Crippen LogP contribution in [0.5, 0.6) is 0 Å². The first-order chi connectivity index (χ1) is 11.7. The quantitative estimate of drug-likeness (QED) is 0.820. The number of hydrogen-bond acceptors (Lipinski definition) is 2. The van der Waals surface area contributed by atoms with E-state index >= 15 is 0 Å². The fraction of sp³-hybridized carbons (Fsp3) is 0.263. The van der Waals surface area contributed by atoms with Crippen LogP contribution in [-0.4, -0.2) is 17.6 Å². The van der Waals surface area contributed by atoms with Gasteiger partial charge in [-0.3, -0.25) is 4.79 Å². The third kappa shape index (κ3) is 3.92. The molecular weight excluding hydrogens is 318 g/mol. The maximum absolute atomic E-state index is 11.8. The first kappa shape index (κ1) is 16.5. The molecule has 0 aromatic heterocycles. The van der Waals surface area contributed by atoms with E-state index < -0.39 is 0 Å². The molecule has 1 fully saturated rings. The molecule has 0 unspecified atom stereocenters. The van der Waals surface area contributed by atoms with Crippen LogP contribution in [0.15, 0.2) is 48.5 Å². The first-order valence-electron chi connectivity index (χ1n) is 8.23. The molecule has 24 heavy (non-hydrogen) atoms. The molecule has 1 amide bonds. The summed E-state index contributed by atoms with van der Waals surface area (Å²) >= 11 is 5.37. The van der Waals surface area contributed by atoms with Gasteiger partial charge in [0.1, 0.15) is 0 Å². The van der Waals surface area contributed by atoms with E-state index in [1.165, 1.54) is 5.56 Å². The second-order valence-corrected chi connectivity index (χ2v) is 6.24. The Balaban J connectivity index is 1.61. The normalized spacial score (nSPS) is 13.9. The van der Waals surface area contributed by atoms with Crippen LogP contribution in [0.1, 0.15) is 25.3 Å². The van der Waals surface area contributed by atoms with Crippen LogP contribution >= 0.6 is 12.2 Å². The summed E-state index contributed by atoms with van der Waals surface area (Å²) < 4.78 is 0. The van der Waals surface area contributed by atoms with Crippen LogP contribution in [0.4, 0.5) is 17.1 Å². The highest BCUT2D eigenvalue weighted by atomic mass is 32.1. The van der Waals surface area contributed by atoms with Crippen LogP contribution in [0.2, 0.25) is 0 Å². The van der Waals surface area contributed by atoms with Gasteiger partial charge in [-0.05, 0) is 67.0 Å². The molecule has 0 bridgehead atoms. The van der Waals surface area contributed by atoms with Gasteiger partial charge in [-0.2, -0.15) is 0 Å². The lowest BCUT2D eigenvalue weighted by Gasteiger charge is -2.16. The molecule has 2 N–H and O–H groups in total. The van der Waals surface area contributed by atoms with Crippen molar-refractivity contribution in [2.24, 2.45) is 0 Å². The summed E-state index contributed by atoms with van der Waals surface area (Å²) in [7, 11) is 0. The average molecular weight is 339 g/mol. The lowest BCUT2D eigenvalue weighted by Crippen LogP contribution is -2.23. The Labute approximate surface area is 147 Å². The minimum absolute atomic E-state index is 0.198. The number of anilines is 3. The second kappa shape index (κ2) is 7.45. The van der Waals surface area contributed by atoms with Gasteiger partial charge >= 0.3 is 0 Å². The molecule has 4 nitrogen and oxygen atoms in total. The van der Waals surface area contributed by atoms with Crippen molar-refractivity contribution in [3.8, 4) is 0 Å². The number of hydrogen-bond donors (Lipinski definition) is 2. The Morgan fingerprint density at radius 1 is 1.12 bits per heavy atom. The van der Waals surface area contributed by atoms with E-state index in [9.17, 15) is 4.79 Å². The molecule has 0 radical (unpaired) electrons. The van der Waals surface area contributed by atoms with E-state index in [1.807, 2.05) is 41.3 Å². The summed E-state index contributed by atoms with van der Waals surface area (Å²) in [5.74, 6) is 0.198. The SMILES string of the molecule is CCc1cccc(NC(=S)Nc2ccc(N3CCCC3=O)cc2)c1. The molecule has 1 heterocycles.